The van der Waals surface area contributed by atoms with E-state index in [1.807, 2.05) is 0 Å². The summed E-state index contributed by atoms with van der Waals surface area (Å²) < 4.78 is 40.8. The van der Waals surface area contributed by atoms with Crippen LogP contribution in [0, 0.1) is 0 Å². The number of rotatable bonds is 4. The van der Waals surface area contributed by atoms with E-state index in [9.17, 15) is 18.0 Å². The molecule has 3 heterocycles. The molecule has 1 aliphatic rings. The molecule has 5 nitrogen and oxygen atoms in total. The Morgan fingerprint density at radius 3 is 2.70 bits per heavy atom. The fraction of sp³-hybridized carbons (Fsp3) is 0.333. The van der Waals surface area contributed by atoms with Gasteiger partial charge in [0.05, 0.1) is 29.2 Å². The van der Waals surface area contributed by atoms with Crippen molar-refractivity contribution < 1.29 is 13.2 Å². The number of halogens is 3. The molecule has 2 aromatic heterocycles. The number of thiazole rings is 1. The van der Waals surface area contributed by atoms with Gasteiger partial charge >= 0.3 is 6.18 Å². The Bertz CT molecular complexity index is 1020. The van der Waals surface area contributed by atoms with Crippen molar-refractivity contribution in [3.63, 3.8) is 0 Å². The summed E-state index contributed by atoms with van der Waals surface area (Å²) in [6.45, 7) is 1.81. The Kier molecular flexibility index (Phi) is 4.55. The lowest BCUT2D eigenvalue weighted by atomic mass is 10.1. The topological polar surface area (TPSA) is 49.6 Å². The Morgan fingerprint density at radius 1 is 1.19 bits per heavy atom. The Balaban J connectivity index is 1.64. The first-order chi connectivity index (χ1) is 12.9. The summed E-state index contributed by atoms with van der Waals surface area (Å²) in [7, 11) is 0. The van der Waals surface area contributed by atoms with Crippen molar-refractivity contribution in [3.8, 4) is 0 Å². The average Bonchev–Trinajstić information content (AvgIpc) is 3.30. The van der Waals surface area contributed by atoms with Crippen LogP contribution in [0.5, 0.6) is 0 Å². The van der Waals surface area contributed by atoms with E-state index in [1.165, 1.54) is 27.9 Å². The summed E-state index contributed by atoms with van der Waals surface area (Å²) in [5.41, 5.74) is 0.734. The lowest BCUT2D eigenvalue weighted by Gasteiger charge is -2.23. The van der Waals surface area contributed by atoms with Crippen molar-refractivity contribution in [2.75, 3.05) is 23.3 Å². The predicted octanol–water partition coefficient (Wildman–Crippen LogP) is 3.99. The molecule has 0 saturated carbocycles. The minimum Gasteiger partial charge on any atom is -0.378 e. The van der Waals surface area contributed by atoms with Gasteiger partial charge in [0.15, 0.2) is 4.96 Å². The highest BCUT2D eigenvalue weighted by Crippen LogP contribution is 2.36. The number of benzene rings is 1. The molecular formula is C18H17F3N4OS. The summed E-state index contributed by atoms with van der Waals surface area (Å²) in [5, 5.41) is 4.82. The number of aromatic nitrogens is 2. The third-order valence-corrected chi connectivity index (χ3v) is 5.34. The van der Waals surface area contributed by atoms with Crippen LogP contribution < -0.4 is 15.8 Å². The van der Waals surface area contributed by atoms with Crippen molar-refractivity contribution in [1.29, 1.82) is 0 Å². The minimum atomic E-state index is -4.41. The molecule has 0 atom stereocenters. The maximum atomic E-state index is 13.1. The van der Waals surface area contributed by atoms with Gasteiger partial charge in [0.25, 0.3) is 5.56 Å². The molecule has 0 spiro atoms. The van der Waals surface area contributed by atoms with Crippen LogP contribution in [0.15, 0.2) is 40.6 Å². The van der Waals surface area contributed by atoms with Crippen LogP contribution in [0.1, 0.15) is 24.1 Å². The molecule has 0 radical (unpaired) electrons. The summed E-state index contributed by atoms with van der Waals surface area (Å²) in [5.74, 6) is 0. The Morgan fingerprint density at radius 2 is 1.96 bits per heavy atom. The van der Waals surface area contributed by atoms with Crippen LogP contribution in [-0.4, -0.2) is 22.5 Å². The van der Waals surface area contributed by atoms with Gasteiger partial charge in [0, 0.05) is 30.7 Å². The highest BCUT2D eigenvalue weighted by Gasteiger charge is 2.31. The fourth-order valence-electron chi connectivity index (χ4n) is 3.25. The van der Waals surface area contributed by atoms with Crippen molar-refractivity contribution >= 4 is 27.7 Å². The molecule has 27 heavy (non-hydrogen) atoms. The van der Waals surface area contributed by atoms with E-state index in [4.69, 9.17) is 0 Å². The molecule has 0 aliphatic carbocycles. The van der Waals surface area contributed by atoms with E-state index in [0.717, 1.165) is 43.8 Å². The molecule has 0 amide bonds. The maximum absolute atomic E-state index is 13.1. The first-order valence-corrected chi connectivity index (χ1v) is 9.46. The monoisotopic (exact) mass is 394 g/mol. The van der Waals surface area contributed by atoms with Crippen LogP contribution in [-0.2, 0) is 12.7 Å². The molecule has 9 heteroatoms. The Hall–Kier alpha value is -2.55. The number of anilines is 2. The van der Waals surface area contributed by atoms with Crippen LogP contribution in [0.25, 0.3) is 4.96 Å². The lowest BCUT2D eigenvalue weighted by molar-refractivity contribution is -0.137. The average molecular weight is 394 g/mol. The zero-order valence-corrected chi connectivity index (χ0v) is 15.1. The fourth-order valence-corrected chi connectivity index (χ4v) is 3.99. The van der Waals surface area contributed by atoms with E-state index in [1.54, 1.807) is 11.6 Å². The Labute approximate surface area is 157 Å². The van der Waals surface area contributed by atoms with Gasteiger partial charge in [-0.05, 0) is 31.0 Å². The second-order valence-corrected chi connectivity index (χ2v) is 7.29. The third-order valence-electron chi connectivity index (χ3n) is 4.59. The van der Waals surface area contributed by atoms with E-state index >= 15 is 0 Å². The van der Waals surface area contributed by atoms with Gasteiger partial charge in [-0.25, -0.2) is 4.98 Å². The molecule has 1 fully saturated rings. The molecular weight excluding hydrogens is 377 g/mol. The van der Waals surface area contributed by atoms with Crippen LogP contribution >= 0.6 is 11.3 Å². The number of hydrogen-bond donors (Lipinski definition) is 1. The van der Waals surface area contributed by atoms with Crippen LogP contribution in [0.4, 0.5) is 24.5 Å². The molecule has 1 aromatic carbocycles. The highest BCUT2D eigenvalue weighted by atomic mass is 32.1. The van der Waals surface area contributed by atoms with Gasteiger partial charge in [-0.15, -0.1) is 11.3 Å². The highest BCUT2D eigenvalue weighted by molar-refractivity contribution is 7.15. The van der Waals surface area contributed by atoms with E-state index in [2.05, 4.69) is 15.2 Å². The molecule has 4 rings (SSSR count). The van der Waals surface area contributed by atoms with E-state index in [-0.39, 0.29) is 12.1 Å². The van der Waals surface area contributed by atoms with Gasteiger partial charge in [-0.2, -0.15) is 13.2 Å². The van der Waals surface area contributed by atoms with Gasteiger partial charge in [0.2, 0.25) is 0 Å². The van der Waals surface area contributed by atoms with Crippen molar-refractivity contribution in [1.82, 2.24) is 9.38 Å². The zero-order chi connectivity index (χ0) is 19.0. The largest absolute Gasteiger partial charge is 0.416 e. The van der Waals surface area contributed by atoms with Crippen LogP contribution in [0.3, 0.4) is 0 Å². The number of nitrogens with zero attached hydrogens (tertiary/aromatic N) is 3. The third kappa shape index (κ3) is 3.64. The van der Waals surface area contributed by atoms with Crippen molar-refractivity contribution in [2.45, 2.75) is 25.6 Å². The molecule has 142 valence electrons. The van der Waals surface area contributed by atoms with Crippen LogP contribution in [0.2, 0.25) is 0 Å². The first-order valence-electron chi connectivity index (χ1n) is 8.58. The normalized spacial score (nSPS) is 14.9. The second-order valence-electron chi connectivity index (χ2n) is 6.42. The summed E-state index contributed by atoms with van der Waals surface area (Å²) in [4.78, 5) is 19.1. The van der Waals surface area contributed by atoms with Gasteiger partial charge in [-0.1, -0.05) is 0 Å². The minimum absolute atomic E-state index is 0.172. The maximum Gasteiger partial charge on any atom is 0.416 e. The molecule has 1 aliphatic heterocycles. The molecule has 0 unspecified atom stereocenters. The second kappa shape index (κ2) is 6.88. The quantitative estimate of drug-likeness (QED) is 0.727. The smallest absolute Gasteiger partial charge is 0.378 e. The number of fused-ring (bicyclic) bond motifs is 1. The SMILES string of the molecule is O=c1cc(CNc2cc(C(F)(F)F)ccc2N2CCCC2)nc2sccn12. The summed E-state index contributed by atoms with van der Waals surface area (Å²) in [6, 6.07) is 5.16. The molecule has 0 bridgehead atoms. The summed E-state index contributed by atoms with van der Waals surface area (Å²) >= 11 is 1.33. The van der Waals surface area contributed by atoms with E-state index in [0.29, 0.717) is 16.3 Å². The standard InChI is InChI=1S/C18H17F3N4OS/c19-18(20,21)12-3-4-15(24-5-1-2-6-24)14(9-12)22-11-13-10-16(26)25-7-8-27-17(25)23-13/h3-4,7-10,22H,1-2,5-6,11H2. The first kappa shape index (κ1) is 17.8. The number of alkyl halides is 3. The van der Waals surface area contributed by atoms with Gasteiger partial charge < -0.3 is 10.2 Å². The molecule has 1 N–H and O–H groups in total. The zero-order valence-electron chi connectivity index (χ0n) is 14.3. The molecule has 1 saturated heterocycles. The van der Waals surface area contributed by atoms with Crippen molar-refractivity contribution in [2.24, 2.45) is 0 Å². The summed E-state index contributed by atoms with van der Waals surface area (Å²) in [6.07, 6.45) is -0.723. The predicted molar refractivity (Wildman–Crippen MR) is 99.6 cm³/mol. The molecule has 3 aromatic rings. The number of nitrogens with one attached hydrogen (secondary N) is 1. The van der Waals surface area contributed by atoms with Crippen molar-refractivity contribution in [3.05, 3.63) is 57.5 Å². The lowest BCUT2D eigenvalue weighted by Crippen LogP contribution is -2.20. The van der Waals surface area contributed by atoms with Gasteiger partial charge in [0.1, 0.15) is 0 Å². The van der Waals surface area contributed by atoms with Gasteiger partial charge in [-0.3, -0.25) is 9.20 Å². The number of hydrogen-bond acceptors (Lipinski definition) is 5. The van der Waals surface area contributed by atoms with E-state index < -0.39 is 11.7 Å².